The lowest BCUT2D eigenvalue weighted by Gasteiger charge is -2.17. The van der Waals surface area contributed by atoms with Crippen molar-refractivity contribution in [3.05, 3.63) is 64.3 Å². The molecule has 0 bridgehead atoms. The fraction of sp³-hybridized carbons (Fsp3) is 0.238. The van der Waals surface area contributed by atoms with Crippen LogP contribution in [0.2, 0.25) is 0 Å². The Morgan fingerprint density at radius 2 is 1.79 bits per heavy atom. The molecule has 0 fully saturated rings. The van der Waals surface area contributed by atoms with E-state index in [9.17, 15) is 9.59 Å². The maximum absolute atomic E-state index is 12.8. The van der Waals surface area contributed by atoms with Crippen molar-refractivity contribution in [2.24, 2.45) is 0 Å². The van der Waals surface area contributed by atoms with Crippen LogP contribution in [0, 0.1) is 20.8 Å². The average Bonchev–Trinajstić information content (AvgIpc) is 3.06. The smallest absolute Gasteiger partial charge is 0.266 e. The summed E-state index contributed by atoms with van der Waals surface area (Å²) >= 11 is 1.29. The summed E-state index contributed by atoms with van der Waals surface area (Å²) in [6.07, 6.45) is 1.69. The van der Waals surface area contributed by atoms with Crippen molar-refractivity contribution < 1.29 is 9.59 Å². The van der Waals surface area contributed by atoms with Crippen molar-refractivity contribution in [1.82, 2.24) is 14.9 Å². The summed E-state index contributed by atoms with van der Waals surface area (Å²) in [4.78, 5) is 35.9. The number of nitrogens with one attached hydrogen (secondary N) is 1. The molecule has 0 saturated carbocycles. The number of nitrogens with zero attached hydrogens (tertiary/aromatic N) is 3. The summed E-state index contributed by atoms with van der Waals surface area (Å²) in [6, 6.07) is 11.4. The number of pyridine rings is 1. The third kappa shape index (κ3) is 4.26. The molecule has 1 aromatic carbocycles. The lowest BCUT2D eigenvalue weighted by atomic mass is 10.1. The zero-order valence-corrected chi connectivity index (χ0v) is 17.1. The second-order valence-corrected chi connectivity index (χ2v) is 7.62. The molecule has 6 nitrogen and oxygen atoms in total. The number of thiazole rings is 1. The van der Waals surface area contributed by atoms with Gasteiger partial charge in [-0.3, -0.25) is 14.6 Å². The van der Waals surface area contributed by atoms with Gasteiger partial charge in [0.25, 0.3) is 5.91 Å². The second-order valence-electron chi connectivity index (χ2n) is 6.62. The number of hydrogen-bond donors (Lipinski definition) is 1. The average molecular weight is 395 g/mol. The van der Waals surface area contributed by atoms with Gasteiger partial charge in [0.15, 0.2) is 0 Å². The molecule has 3 rings (SSSR count). The van der Waals surface area contributed by atoms with Crippen LogP contribution in [-0.4, -0.2) is 40.3 Å². The number of benzene rings is 1. The molecule has 0 unspecified atom stereocenters. The van der Waals surface area contributed by atoms with Gasteiger partial charge in [-0.25, -0.2) is 4.98 Å². The van der Waals surface area contributed by atoms with Gasteiger partial charge in [0.05, 0.1) is 17.9 Å². The highest BCUT2D eigenvalue weighted by Gasteiger charge is 2.22. The third-order valence-electron chi connectivity index (χ3n) is 4.35. The van der Waals surface area contributed by atoms with Crippen molar-refractivity contribution in [2.45, 2.75) is 20.8 Å². The SMILES string of the molecule is Cc1cccc(C)c1NC(=O)CN(C)C(=O)c1sc(-c2ccccn2)nc1C. The van der Waals surface area contributed by atoms with E-state index in [0.717, 1.165) is 22.5 Å². The van der Waals surface area contributed by atoms with Gasteiger partial charge in [-0.05, 0) is 44.0 Å². The molecule has 2 heterocycles. The highest BCUT2D eigenvalue weighted by molar-refractivity contribution is 7.17. The van der Waals surface area contributed by atoms with E-state index >= 15 is 0 Å². The molecule has 3 aromatic rings. The molecule has 1 N–H and O–H groups in total. The molecule has 0 radical (unpaired) electrons. The Hall–Kier alpha value is -3.06. The molecule has 0 aliphatic carbocycles. The van der Waals surface area contributed by atoms with Crippen LogP contribution in [0.4, 0.5) is 5.69 Å². The minimum absolute atomic E-state index is 0.0388. The maximum atomic E-state index is 12.8. The highest BCUT2D eigenvalue weighted by atomic mass is 32.1. The van der Waals surface area contributed by atoms with Crippen LogP contribution in [0.1, 0.15) is 26.5 Å². The summed E-state index contributed by atoms with van der Waals surface area (Å²) in [5.74, 6) is -0.464. The first kappa shape index (κ1) is 19.7. The molecule has 144 valence electrons. The quantitative estimate of drug-likeness (QED) is 0.713. The topological polar surface area (TPSA) is 75.2 Å². The predicted octanol–water partition coefficient (Wildman–Crippen LogP) is 3.84. The lowest BCUT2D eigenvalue weighted by Crippen LogP contribution is -2.35. The number of anilines is 1. The molecule has 0 saturated heterocycles. The number of carbonyl (C=O) groups excluding carboxylic acids is 2. The Balaban J connectivity index is 1.71. The number of aryl methyl sites for hydroxylation is 3. The van der Waals surface area contributed by atoms with Crippen molar-refractivity contribution >= 4 is 28.8 Å². The lowest BCUT2D eigenvalue weighted by molar-refractivity contribution is -0.116. The zero-order valence-electron chi connectivity index (χ0n) is 16.3. The van der Waals surface area contributed by atoms with E-state index in [1.807, 2.05) is 50.2 Å². The van der Waals surface area contributed by atoms with Gasteiger partial charge in [0.1, 0.15) is 9.88 Å². The van der Waals surface area contributed by atoms with Crippen LogP contribution in [0.5, 0.6) is 0 Å². The molecule has 2 amide bonds. The molecular weight excluding hydrogens is 372 g/mol. The summed E-state index contributed by atoms with van der Waals surface area (Å²) in [6.45, 7) is 5.64. The Morgan fingerprint density at radius 3 is 2.43 bits per heavy atom. The van der Waals surface area contributed by atoms with Gasteiger partial charge in [0.2, 0.25) is 5.91 Å². The van der Waals surface area contributed by atoms with Crippen LogP contribution in [-0.2, 0) is 4.79 Å². The molecule has 0 aliphatic heterocycles. The van der Waals surface area contributed by atoms with Crippen molar-refractivity contribution in [2.75, 3.05) is 18.9 Å². The van der Waals surface area contributed by atoms with Crippen LogP contribution in [0.25, 0.3) is 10.7 Å². The van der Waals surface area contributed by atoms with Gasteiger partial charge >= 0.3 is 0 Å². The Bertz CT molecular complexity index is 994. The summed E-state index contributed by atoms with van der Waals surface area (Å²) in [5, 5.41) is 3.60. The van der Waals surface area contributed by atoms with E-state index in [1.165, 1.54) is 16.2 Å². The first-order valence-corrected chi connectivity index (χ1v) is 9.69. The van der Waals surface area contributed by atoms with E-state index in [1.54, 1.807) is 20.2 Å². The summed E-state index contributed by atoms with van der Waals surface area (Å²) in [5.41, 5.74) is 4.13. The maximum Gasteiger partial charge on any atom is 0.266 e. The number of amides is 2. The van der Waals surface area contributed by atoms with Crippen LogP contribution >= 0.6 is 11.3 Å². The number of likely N-dealkylation sites (N-methyl/N-ethyl adjacent to an activating group) is 1. The Labute approximate surface area is 168 Å². The number of hydrogen-bond acceptors (Lipinski definition) is 5. The first-order chi connectivity index (χ1) is 13.4. The molecule has 28 heavy (non-hydrogen) atoms. The fourth-order valence-electron chi connectivity index (χ4n) is 2.84. The molecular formula is C21H22N4O2S. The second kappa shape index (κ2) is 8.31. The van der Waals surface area contributed by atoms with Gasteiger partial charge in [-0.2, -0.15) is 0 Å². The Kier molecular flexibility index (Phi) is 5.84. The molecule has 0 aliphatic rings. The van der Waals surface area contributed by atoms with E-state index in [4.69, 9.17) is 0 Å². The van der Waals surface area contributed by atoms with Gasteiger partial charge in [-0.1, -0.05) is 24.3 Å². The van der Waals surface area contributed by atoms with E-state index in [-0.39, 0.29) is 18.4 Å². The van der Waals surface area contributed by atoms with Gasteiger partial charge in [0, 0.05) is 18.9 Å². The minimum Gasteiger partial charge on any atom is -0.332 e. The molecule has 0 spiro atoms. The largest absolute Gasteiger partial charge is 0.332 e. The summed E-state index contributed by atoms with van der Waals surface area (Å²) in [7, 11) is 1.62. The fourth-order valence-corrected chi connectivity index (χ4v) is 3.88. The number of aromatic nitrogens is 2. The van der Waals surface area contributed by atoms with Crippen LogP contribution in [0.15, 0.2) is 42.6 Å². The normalized spacial score (nSPS) is 10.6. The van der Waals surface area contributed by atoms with Gasteiger partial charge in [-0.15, -0.1) is 11.3 Å². The van der Waals surface area contributed by atoms with Crippen LogP contribution in [0.3, 0.4) is 0 Å². The van der Waals surface area contributed by atoms with E-state index < -0.39 is 0 Å². The minimum atomic E-state index is -0.236. The molecule has 2 aromatic heterocycles. The standard InChI is InChI=1S/C21H22N4O2S/c1-13-8-7-9-14(2)18(13)24-17(26)12-25(4)21(27)19-15(3)23-20(28-19)16-10-5-6-11-22-16/h5-11H,12H2,1-4H3,(H,24,26). The number of carbonyl (C=O) groups is 2. The summed E-state index contributed by atoms with van der Waals surface area (Å²) < 4.78 is 0. The monoisotopic (exact) mass is 394 g/mol. The predicted molar refractivity (Wildman–Crippen MR) is 112 cm³/mol. The van der Waals surface area contributed by atoms with Crippen molar-refractivity contribution in [3.8, 4) is 10.7 Å². The molecule has 0 atom stereocenters. The van der Waals surface area contributed by atoms with Gasteiger partial charge < -0.3 is 10.2 Å². The highest BCUT2D eigenvalue weighted by Crippen LogP contribution is 2.27. The number of rotatable bonds is 5. The van der Waals surface area contributed by atoms with Crippen molar-refractivity contribution in [3.63, 3.8) is 0 Å². The van der Waals surface area contributed by atoms with Crippen LogP contribution < -0.4 is 5.32 Å². The third-order valence-corrected chi connectivity index (χ3v) is 5.52. The van der Waals surface area contributed by atoms with E-state index in [0.29, 0.717) is 15.6 Å². The zero-order chi connectivity index (χ0) is 20.3. The Morgan fingerprint density at radius 1 is 1.07 bits per heavy atom. The van der Waals surface area contributed by atoms with Crippen molar-refractivity contribution in [1.29, 1.82) is 0 Å². The number of para-hydroxylation sites is 1. The first-order valence-electron chi connectivity index (χ1n) is 8.87. The molecule has 7 heteroatoms. The van der Waals surface area contributed by atoms with E-state index in [2.05, 4.69) is 15.3 Å².